The van der Waals surface area contributed by atoms with E-state index in [4.69, 9.17) is 21.6 Å². The van der Waals surface area contributed by atoms with Crippen LogP contribution in [0.15, 0.2) is 0 Å². The average molecular weight is 214 g/mol. The van der Waals surface area contributed by atoms with Crippen molar-refractivity contribution in [2.24, 2.45) is 11.5 Å². The number of ketones is 1. The van der Waals surface area contributed by atoms with Gasteiger partial charge in [0.25, 0.3) is 0 Å². The largest absolute Gasteiger partial charge is 0.370 e. The van der Waals surface area contributed by atoms with E-state index < -0.39 is 6.23 Å². The van der Waals surface area contributed by atoms with Crippen molar-refractivity contribution in [1.29, 1.82) is 5.41 Å². The molecular formula is C9H18N4O2. The van der Waals surface area contributed by atoms with Crippen LogP contribution in [0.1, 0.15) is 19.8 Å². The number of ether oxygens (including phenoxy) is 1. The molecule has 1 aliphatic heterocycles. The highest BCUT2D eigenvalue weighted by molar-refractivity contribution is 5.77. The van der Waals surface area contributed by atoms with Crippen LogP contribution in [-0.4, -0.2) is 42.1 Å². The quantitative estimate of drug-likeness (QED) is 0.423. The first-order chi connectivity index (χ1) is 7.02. The summed E-state index contributed by atoms with van der Waals surface area (Å²) in [5, 5.41) is 7.38. The highest BCUT2D eigenvalue weighted by atomic mass is 16.5. The molecule has 0 amide bonds. The molecule has 2 unspecified atom stereocenters. The van der Waals surface area contributed by atoms with Crippen LogP contribution in [0.4, 0.5) is 0 Å². The number of hydrogen-bond donors (Lipinski definition) is 3. The van der Waals surface area contributed by atoms with Gasteiger partial charge >= 0.3 is 0 Å². The SMILES string of the molecule is CC(=O)COC1C(N)CCCN1C(=N)N. The van der Waals surface area contributed by atoms with Gasteiger partial charge in [-0.05, 0) is 19.8 Å². The Bertz CT molecular complexity index is 256. The zero-order valence-electron chi connectivity index (χ0n) is 8.90. The van der Waals surface area contributed by atoms with Crippen molar-refractivity contribution < 1.29 is 9.53 Å². The summed E-state index contributed by atoms with van der Waals surface area (Å²) < 4.78 is 5.36. The van der Waals surface area contributed by atoms with Gasteiger partial charge < -0.3 is 21.1 Å². The molecule has 0 bridgehead atoms. The van der Waals surface area contributed by atoms with Crippen molar-refractivity contribution >= 4 is 11.7 Å². The minimum absolute atomic E-state index is 0.0160. The van der Waals surface area contributed by atoms with Crippen molar-refractivity contribution in [1.82, 2.24) is 4.90 Å². The number of likely N-dealkylation sites (tertiary alicyclic amines) is 1. The predicted molar refractivity (Wildman–Crippen MR) is 56.3 cm³/mol. The van der Waals surface area contributed by atoms with E-state index >= 15 is 0 Å². The number of nitrogens with two attached hydrogens (primary N) is 2. The minimum atomic E-state index is -0.444. The molecule has 1 rings (SSSR count). The van der Waals surface area contributed by atoms with Crippen molar-refractivity contribution in [3.05, 3.63) is 0 Å². The van der Waals surface area contributed by atoms with Crippen LogP contribution in [0.25, 0.3) is 0 Å². The molecule has 86 valence electrons. The van der Waals surface area contributed by atoms with Crippen molar-refractivity contribution in [2.75, 3.05) is 13.2 Å². The molecule has 5 N–H and O–H groups in total. The molecule has 0 aromatic carbocycles. The number of guanidine groups is 1. The van der Waals surface area contributed by atoms with Crippen LogP contribution in [-0.2, 0) is 9.53 Å². The summed E-state index contributed by atoms with van der Waals surface area (Å²) in [5.41, 5.74) is 11.3. The Hall–Kier alpha value is -1.14. The molecule has 1 heterocycles. The van der Waals surface area contributed by atoms with Gasteiger partial charge in [-0.1, -0.05) is 0 Å². The van der Waals surface area contributed by atoms with E-state index in [1.807, 2.05) is 0 Å². The van der Waals surface area contributed by atoms with Gasteiger partial charge in [0.05, 0.1) is 0 Å². The van der Waals surface area contributed by atoms with Gasteiger partial charge in [-0.25, -0.2) is 0 Å². The van der Waals surface area contributed by atoms with E-state index in [1.54, 1.807) is 4.90 Å². The van der Waals surface area contributed by atoms with Crippen LogP contribution in [0.5, 0.6) is 0 Å². The summed E-state index contributed by atoms with van der Waals surface area (Å²) in [6.45, 7) is 2.13. The summed E-state index contributed by atoms with van der Waals surface area (Å²) in [4.78, 5) is 12.4. The Morgan fingerprint density at radius 1 is 1.67 bits per heavy atom. The molecular weight excluding hydrogens is 196 g/mol. The molecule has 0 aromatic rings. The zero-order chi connectivity index (χ0) is 11.4. The third-order valence-electron chi connectivity index (χ3n) is 2.38. The lowest BCUT2D eigenvalue weighted by molar-refractivity contribution is -0.129. The van der Waals surface area contributed by atoms with E-state index in [-0.39, 0.29) is 24.4 Å². The van der Waals surface area contributed by atoms with E-state index in [9.17, 15) is 4.79 Å². The van der Waals surface area contributed by atoms with E-state index in [1.165, 1.54) is 6.92 Å². The van der Waals surface area contributed by atoms with Crippen LogP contribution in [0.2, 0.25) is 0 Å². The number of rotatable bonds is 3. The van der Waals surface area contributed by atoms with E-state index in [0.29, 0.717) is 6.54 Å². The molecule has 6 nitrogen and oxygen atoms in total. The first-order valence-electron chi connectivity index (χ1n) is 4.99. The Labute approximate surface area is 89.1 Å². The van der Waals surface area contributed by atoms with Gasteiger partial charge in [-0.15, -0.1) is 0 Å². The number of Topliss-reactive ketones (excluding diaryl/α,β-unsaturated/α-hetero) is 1. The number of carbonyl (C=O) groups is 1. The Morgan fingerprint density at radius 2 is 2.33 bits per heavy atom. The Kier molecular flexibility index (Phi) is 4.05. The zero-order valence-corrected chi connectivity index (χ0v) is 8.90. The van der Waals surface area contributed by atoms with Gasteiger partial charge in [0.1, 0.15) is 12.8 Å². The second-order valence-electron chi connectivity index (χ2n) is 3.79. The highest BCUT2D eigenvalue weighted by Gasteiger charge is 2.30. The monoisotopic (exact) mass is 214 g/mol. The minimum Gasteiger partial charge on any atom is -0.370 e. The molecule has 0 aromatic heterocycles. The predicted octanol–water partition coefficient (Wildman–Crippen LogP) is -0.765. The fraction of sp³-hybridized carbons (Fsp3) is 0.778. The molecule has 0 saturated carbocycles. The smallest absolute Gasteiger partial charge is 0.190 e. The number of nitrogens with zero attached hydrogens (tertiary/aromatic N) is 1. The lowest BCUT2D eigenvalue weighted by atomic mass is 10.1. The molecule has 1 fully saturated rings. The Balaban J connectivity index is 2.60. The molecule has 2 atom stereocenters. The number of piperidine rings is 1. The maximum Gasteiger partial charge on any atom is 0.190 e. The summed E-state index contributed by atoms with van der Waals surface area (Å²) in [6, 6.07) is -0.193. The van der Waals surface area contributed by atoms with Crippen LogP contribution >= 0.6 is 0 Å². The van der Waals surface area contributed by atoms with Gasteiger partial charge in [0.15, 0.2) is 11.7 Å². The second kappa shape index (κ2) is 5.09. The average Bonchev–Trinajstić information content (AvgIpc) is 2.15. The first kappa shape index (κ1) is 11.9. The van der Waals surface area contributed by atoms with Gasteiger partial charge in [-0.2, -0.15) is 0 Å². The van der Waals surface area contributed by atoms with Crippen molar-refractivity contribution in [3.63, 3.8) is 0 Å². The molecule has 0 spiro atoms. The van der Waals surface area contributed by atoms with Gasteiger partial charge in [0, 0.05) is 12.6 Å². The molecule has 1 saturated heterocycles. The van der Waals surface area contributed by atoms with Crippen LogP contribution in [0.3, 0.4) is 0 Å². The molecule has 1 aliphatic rings. The Morgan fingerprint density at radius 3 is 2.87 bits per heavy atom. The van der Waals surface area contributed by atoms with Crippen LogP contribution in [0, 0.1) is 5.41 Å². The lowest BCUT2D eigenvalue weighted by Crippen LogP contribution is -2.57. The second-order valence-corrected chi connectivity index (χ2v) is 3.79. The summed E-state index contributed by atoms with van der Waals surface area (Å²) >= 11 is 0. The van der Waals surface area contributed by atoms with E-state index in [2.05, 4.69) is 0 Å². The third-order valence-corrected chi connectivity index (χ3v) is 2.38. The lowest BCUT2D eigenvalue weighted by Gasteiger charge is -2.39. The fourth-order valence-corrected chi connectivity index (χ4v) is 1.67. The highest BCUT2D eigenvalue weighted by Crippen LogP contribution is 2.16. The van der Waals surface area contributed by atoms with Gasteiger partial charge in [-0.3, -0.25) is 10.2 Å². The molecule has 0 radical (unpaired) electrons. The maximum atomic E-state index is 10.8. The molecule has 0 aliphatic carbocycles. The third kappa shape index (κ3) is 3.17. The fourth-order valence-electron chi connectivity index (χ4n) is 1.67. The van der Waals surface area contributed by atoms with Crippen molar-refractivity contribution in [2.45, 2.75) is 32.0 Å². The molecule has 6 heteroatoms. The number of carbonyl (C=O) groups excluding carboxylic acids is 1. The normalized spacial score (nSPS) is 26.4. The van der Waals surface area contributed by atoms with Crippen molar-refractivity contribution in [3.8, 4) is 0 Å². The van der Waals surface area contributed by atoms with Crippen LogP contribution < -0.4 is 11.5 Å². The standard InChI is InChI=1S/C9H18N4O2/c1-6(14)5-15-8-7(10)3-2-4-13(8)9(11)12/h7-8H,2-5,10H2,1H3,(H3,11,12). The topological polar surface area (TPSA) is 105 Å². The van der Waals surface area contributed by atoms with Gasteiger partial charge in [0.2, 0.25) is 0 Å². The molecule has 15 heavy (non-hydrogen) atoms. The maximum absolute atomic E-state index is 10.8. The number of hydrogen-bond acceptors (Lipinski definition) is 4. The summed E-state index contributed by atoms with van der Waals surface area (Å²) in [6.07, 6.45) is 1.27. The summed E-state index contributed by atoms with van der Waals surface area (Å²) in [7, 11) is 0. The van der Waals surface area contributed by atoms with E-state index in [0.717, 1.165) is 12.8 Å². The number of nitrogens with one attached hydrogen (secondary N) is 1. The first-order valence-corrected chi connectivity index (χ1v) is 4.99. The summed E-state index contributed by atoms with van der Waals surface area (Å²) in [5.74, 6) is -0.116.